The van der Waals surface area contributed by atoms with E-state index in [2.05, 4.69) is 26.0 Å². The molecule has 1 fully saturated rings. The summed E-state index contributed by atoms with van der Waals surface area (Å²) in [7, 11) is 0. The van der Waals surface area contributed by atoms with E-state index in [1.165, 1.54) is 12.1 Å². The number of carbonyl (C=O) groups excluding carboxylic acids is 2. The number of piperidine rings is 1. The zero-order valence-corrected chi connectivity index (χ0v) is 17.0. The first-order chi connectivity index (χ1) is 12.5. The van der Waals surface area contributed by atoms with Crippen molar-refractivity contribution in [3.8, 4) is 5.75 Å². The minimum absolute atomic E-state index is 0.0353. The number of carbonyl (C=O) groups is 2. The number of ether oxygens (including phenoxy) is 2. The molecule has 0 radical (unpaired) electrons. The van der Waals surface area contributed by atoms with Crippen molar-refractivity contribution in [2.75, 3.05) is 13.1 Å². The van der Waals surface area contributed by atoms with E-state index in [0.717, 1.165) is 0 Å². The number of nitrogens with one attached hydrogen (secondary N) is 1. The fourth-order valence-corrected chi connectivity index (χ4v) is 3.01. The molecule has 0 aromatic heterocycles. The maximum absolute atomic E-state index is 12.6. The van der Waals surface area contributed by atoms with E-state index in [1.807, 2.05) is 0 Å². The molecule has 1 N–H and O–H groups in total. The number of alkyl halides is 2. The van der Waals surface area contributed by atoms with Crippen LogP contribution in [0.5, 0.6) is 5.75 Å². The van der Waals surface area contributed by atoms with Crippen LogP contribution in [0.25, 0.3) is 0 Å². The Morgan fingerprint density at radius 2 is 1.89 bits per heavy atom. The van der Waals surface area contributed by atoms with Gasteiger partial charge in [0.2, 0.25) is 0 Å². The van der Waals surface area contributed by atoms with Crippen LogP contribution >= 0.6 is 15.9 Å². The van der Waals surface area contributed by atoms with E-state index in [1.54, 1.807) is 31.7 Å². The monoisotopic (exact) mass is 448 g/mol. The van der Waals surface area contributed by atoms with Crippen molar-refractivity contribution >= 4 is 27.9 Å². The van der Waals surface area contributed by atoms with Gasteiger partial charge in [-0.15, -0.1) is 0 Å². The molecule has 0 spiro atoms. The smallest absolute Gasteiger partial charge is 0.410 e. The zero-order valence-electron chi connectivity index (χ0n) is 15.4. The molecule has 9 heteroatoms. The Bertz CT molecular complexity index is 686. The fourth-order valence-electron chi connectivity index (χ4n) is 2.67. The van der Waals surface area contributed by atoms with Gasteiger partial charge in [-0.25, -0.2) is 4.79 Å². The molecule has 2 amide bonds. The zero-order chi connectivity index (χ0) is 20.2. The van der Waals surface area contributed by atoms with E-state index in [9.17, 15) is 18.4 Å². The van der Waals surface area contributed by atoms with Gasteiger partial charge in [0, 0.05) is 23.6 Å². The quantitative estimate of drug-likeness (QED) is 0.749. The molecule has 1 aliphatic heterocycles. The summed E-state index contributed by atoms with van der Waals surface area (Å²) < 4.78 is 35.4. The maximum Gasteiger partial charge on any atom is 0.410 e. The predicted octanol–water partition coefficient (Wildman–Crippen LogP) is 4.18. The van der Waals surface area contributed by atoms with Gasteiger partial charge in [0.1, 0.15) is 11.4 Å². The Morgan fingerprint density at radius 3 is 2.44 bits per heavy atom. The van der Waals surface area contributed by atoms with Gasteiger partial charge in [-0.05, 0) is 51.8 Å². The molecule has 6 nitrogen and oxygen atoms in total. The van der Waals surface area contributed by atoms with Crippen molar-refractivity contribution < 1.29 is 27.8 Å². The van der Waals surface area contributed by atoms with Gasteiger partial charge in [0.25, 0.3) is 5.91 Å². The number of likely N-dealkylation sites (tertiary alicyclic amines) is 1. The highest BCUT2D eigenvalue weighted by Gasteiger charge is 2.28. The first-order valence-electron chi connectivity index (χ1n) is 8.58. The highest BCUT2D eigenvalue weighted by molar-refractivity contribution is 9.10. The van der Waals surface area contributed by atoms with E-state index >= 15 is 0 Å². The maximum atomic E-state index is 12.6. The average molecular weight is 449 g/mol. The van der Waals surface area contributed by atoms with Gasteiger partial charge in [0.05, 0.1) is 5.56 Å². The van der Waals surface area contributed by atoms with Crippen molar-refractivity contribution in [3.05, 3.63) is 28.2 Å². The van der Waals surface area contributed by atoms with Crippen molar-refractivity contribution in [2.24, 2.45) is 0 Å². The lowest BCUT2D eigenvalue weighted by molar-refractivity contribution is -0.0502. The summed E-state index contributed by atoms with van der Waals surface area (Å²) in [6, 6.07) is 4.16. The summed E-state index contributed by atoms with van der Waals surface area (Å²) >= 11 is 3.17. The first-order valence-corrected chi connectivity index (χ1v) is 9.37. The fraction of sp³-hybridized carbons (Fsp3) is 0.556. The molecule has 0 bridgehead atoms. The summed E-state index contributed by atoms with van der Waals surface area (Å²) in [6.45, 7) is 3.27. The molecule has 1 aromatic carbocycles. The van der Waals surface area contributed by atoms with Crippen LogP contribution < -0.4 is 10.1 Å². The molecule has 0 atom stereocenters. The lowest BCUT2D eigenvalue weighted by atomic mass is 10.0. The molecule has 0 unspecified atom stereocenters. The number of rotatable bonds is 4. The highest BCUT2D eigenvalue weighted by Crippen LogP contribution is 2.26. The SMILES string of the molecule is CC(C)(C)OC(=O)N1CCC(NC(=O)c2ccc(Br)cc2OC(F)F)CC1. The summed E-state index contributed by atoms with van der Waals surface area (Å²) in [5.74, 6) is -0.683. The van der Waals surface area contributed by atoms with Crippen LogP contribution in [0.1, 0.15) is 44.0 Å². The largest absolute Gasteiger partial charge is 0.444 e. The van der Waals surface area contributed by atoms with E-state index < -0.39 is 18.1 Å². The molecule has 27 heavy (non-hydrogen) atoms. The second kappa shape index (κ2) is 8.86. The van der Waals surface area contributed by atoms with Crippen LogP contribution in [0.4, 0.5) is 13.6 Å². The Labute approximate surface area is 165 Å². The molecule has 0 saturated carbocycles. The summed E-state index contributed by atoms with van der Waals surface area (Å²) in [4.78, 5) is 26.1. The van der Waals surface area contributed by atoms with Crippen LogP contribution in [0.2, 0.25) is 0 Å². The van der Waals surface area contributed by atoms with E-state index in [4.69, 9.17) is 4.74 Å². The van der Waals surface area contributed by atoms with Gasteiger partial charge < -0.3 is 19.7 Å². The third-order valence-corrected chi connectivity index (χ3v) is 4.38. The second-order valence-corrected chi connectivity index (χ2v) is 8.15. The molecule has 1 aliphatic rings. The Balaban J connectivity index is 1.94. The molecule has 0 aliphatic carbocycles. The third kappa shape index (κ3) is 6.64. The minimum Gasteiger partial charge on any atom is -0.444 e. The van der Waals surface area contributed by atoms with Crippen LogP contribution in [0.15, 0.2) is 22.7 Å². The molecule has 150 valence electrons. The number of benzene rings is 1. The van der Waals surface area contributed by atoms with Gasteiger partial charge in [-0.3, -0.25) is 4.79 Å². The first kappa shape index (κ1) is 21.4. The van der Waals surface area contributed by atoms with Crippen molar-refractivity contribution in [3.63, 3.8) is 0 Å². The highest BCUT2D eigenvalue weighted by atomic mass is 79.9. The Morgan fingerprint density at radius 1 is 1.26 bits per heavy atom. The lowest BCUT2D eigenvalue weighted by Gasteiger charge is -2.33. The van der Waals surface area contributed by atoms with Crippen molar-refractivity contribution in [1.82, 2.24) is 10.2 Å². The third-order valence-electron chi connectivity index (χ3n) is 3.89. The molecule has 1 aromatic rings. The number of amides is 2. The number of hydrogen-bond donors (Lipinski definition) is 1. The van der Waals surface area contributed by atoms with Crippen LogP contribution in [0, 0.1) is 0 Å². The standard InChI is InChI=1S/C18H23BrF2N2O4/c1-18(2,3)27-17(25)23-8-6-12(7-9-23)22-15(24)13-5-4-11(19)10-14(13)26-16(20)21/h4-5,10,12,16H,6-9H2,1-3H3,(H,22,24). The number of hydrogen-bond acceptors (Lipinski definition) is 4. The van der Waals surface area contributed by atoms with Gasteiger partial charge in [0.15, 0.2) is 0 Å². The van der Waals surface area contributed by atoms with Crippen molar-refractivity contribution in [1.29, 1.82) is 0 Å². The summed E-state index contributed by atoms with van der Waals surface area (Å²) in [6.07, 6.45) is 0.715. The number of nitrogens with zero attached hydrogens (tertiary/aromatic N) is 1. The second-order valence-electron chi connectivity index (χ2n) is 7.23. The lowest BCUT2D eigenvalue weighted by Crippen LogP contribution is -2.47. The summed E-state index contributed by atoms with van der Waals surface area (Å²) in [5.41, 5.74) is -0.529. The van der Waals surface area contributed by atoms with Crippen LogP contribution in [0.3, 0.4) is 0 Å². The van der Waals surface area contributed by atoms with E-state index in [0.29, 0.717) is 30.4 Å². The molecule has 1 saturated heterocycles. The van der Waals surface area contributed by atoms with Crippen molar-refractivity contribution in [2.45, 2.75) is 51.9 Å². The predicted molar refractivity (Wildman–Crippen MR) is 99.1 cm³/mol. The minimum atomic E-state index is -3.03. The van der Waals surface area contributed by atoms with Crippen LogP contribution in [-0.4, -0.2) is 48.2 Å². The molecular formula is C18H23BrF2N2O4. The Kier molecular flexibility index (Phi) is 7.02. The van der Waals surface area contributed by atoms with Crippen LogP contribution in [-0.2, 0) is 4.74 Å². The average Bonchev–Trinajstić information content (AvgIpc) is 2.53. The molecular weight excluding hydrogens is 426 g/mol. The summed E-state index contributed by atoms with van der Waals surface area (Å²) in [5, 5.41) is 2.82. The van der Waals surface area contributed by atoms with Gasteiger partial charge in [-0.1, -0.05) is 15.9 Å². The van der Waals surface area contributed by atoms with Gasteiger partial charge >= 0.3 is 12.7 Å². The molecule has 2 rings (SSSR count). The Hall–Kier alpha value is -1.90. The number of halogens is 3. The normalized spacial score (nSPS) is 15.6. The van der Waals surface area contributed by atoms with Gasteiger partial charge in [-0.2, -0.15) is 8.78 Å². The topological polar surface area (TPSA) is 67.9 Å². The van der Waals surface area contributed by atoms with E-state index in [-0.39, 0.29) is 23.4 Å². The molecule has 1 heterocycles.